The molecule has 0 spiro atoms. The van der Waals surface area contributed by atoms with Crippen molar-refractivity contribution in [3.63, 3.8) is 0 Å². The molecule has 1 atom stereocenters. The summed E-state index contributed by atoms with van der Waals surface area (Å²) in [6, 6.07) is 12.1. The Balaban J connectivity index is 1.90. The zero-order valence-corrected chi connectivity index (χ0v) is 20.4. The fraction of sp³-hybridized carbons (Fsp3) is 0.333. The molecule has 1 aromatic heterocycles. The van der Waals surface area contributed by atoms with E-state index in [9.17, 15) is 22.4 Å². The highest BCUT2D eigenvalue weighted by molar-refractivity contribution is 6.30. The molecule has 36 heavy (non-hydrogen) atoms. The van der Waals surface area contributed by atoms with E-state index in [4.69, 9.17) is 11.6 Å². The van der Waals surface area contributed by atoms with Crippen LogP contribution in [0.5, 0.6) is 0 Å². The molecule has 2 aromatic carbocycles. The highest BCUT2D eigenvalue weighted by atomic mass is 35.5. The lowest BCUT2D eigenvalue weighted by atomic mass is 9.79. The number of pyridine rings is 1. The Bertz CT molecular complexity index is 1230. The van der Waals surface area contributed by atoms with Gasteiger partial charge in [-0.1, -0.05) is 54.3 Å². The molecule has 1 aliphatic rings. The predicted octanol–water partition coefficient (Wildman–Crippen LogP) is 6.93. The van der Waals surface area contributed by atoms with Gasteiger partial charge in [-0.25, -0.2) is 9.18 Å². The largest absolute Gasteiger partial charge is 0.416 e. The van der Waals surface area contributed by atoms with Crippen LogP contribution in [0.1, 0.15) is 53.6 Å². The minimum absolute atomic E-state index is 0.0299. The quantitative estimate of drug-likeness (QED) is 0.347. The number of hydrogen-bond acceptors (Lipinski definition) is 2. The normalized spacial score (nSPS) is 15.9. The van der Waals surface area contributed by atoms with Gasteiger partial charge in [-0.3, -0.25) is 4.98 Å². The van der Waals surface area contributed by atoms with Gasteiger partial charge >= 0.3 is 12.2 Å². The van der Waals surface area contributed by atoms with E-state index in [0.717, 1.165) is 48.9 Å². The topological polar surface area (TPSA) is 54.0 Å². The molecule has 1 aliphatic carbocycles. The van der Waals surface area contributed by atoms with Crippen molar-refractivity contribution >= 4 is 17.6 Å². The van der Waals surface area contributed by atoms with Crippen LogP contribution in [-0.4, -0.2) is 17.1 Å². The van der Waals surface area contributed by atoms with E-state index < -0.39 is 29.1 Å². The highest BCUT2D eigenvalue weighted by Crippen LogP contribution is 2.38. The Kier molecular flexibility index (Phi) is 7.54. The van der Waals surface area contributed by atoms with Gasteiger partial charge in [0.15, 0.2) is 0 Å². The van der Waals surface area contributed by atoms with E-state index in [1.165, 1.54) is 18.3 Å². The van der Waals surface area contributed by atoms with Gasteiger partial charge in [-0.05, 0) is 61.2 Å². The van der Waals surface area contributed by atoms with Crippen molar-refractivity contribution < 1.29 is 22.4 Å². The third kappa shape index (κ3) is 5.98. The van der Waals surface area contributed by atoms with Crippen LogP contribution < -0.4 is 10.6 Å². The molecule has 9 heteroatoms. The summed E-state index contributed by atoms with van der Waals surface area (Å²) in [5.41, 5.74) is -0.968. The lowest BCUT2D eigenvalue weighted by Crippen LogP contribution is -2.54. The number of alkyl halides is 3. The van der Waals surface area contributed by atoms with E-state index in [2.05, 4.69) is 15.6 Å². The number of halogens is 5. The van der Waals surface area contributed by atoms with Gasteiger partial charge in [0, 0.05) is 18.7 Å². The van der Waals surface area contributed by atoms with Gasteiger partial charge in [0.1, 0.15) is 11.4 Å². The molecular weight excluding hydrogens is 494 g/mol. The maximum atomic E-state index is 14.7. The number of amides is 2. The molecule has 3 aromatic rings. The zero-order valence-electron chi connectivity index (χ0n) is 19.6. The van der Waals surface area contributed by atoms with Gasteiger partial charge in [0.05, 0.1) is 16.3 Å². The fourth-order valence-corrected chi connectivity index (χ4v) is 4.87. The van der Waals surface area contributed by atoms with Crippen LogP contribution in [-0.2, 0) is 18.1 Å². The van der Waals surface area contributed by atoms with Crippen molar-refractivity contribution in [2.45, 2.75) is 56.8 Å². The first kappa shape index (κ1) is 25.9. The summed E-state index contributed by atoms with van der Waals surface area (Å²) in [7, 11) is 0. The van der Waals surface area contributed by atoms with Crippen molar-refractivity contribution in [2.24, 2.45) is 0 Å². The summed E-state index contributed by atoms with van der Waals surface area (Å²) in [6.45, 7) is 1.88. The first-order valence-corrected chi connectivity index (χ1v) is 12.1. The average molecular weight is 520 g/mol. The number of nitrogens with one attached hydrogen (secondary N) is 2. The number of urea groups is 1. The molecule has 2 amide bonds. The molecule has 1 heterocycles. The molecule has 0 saturated heterocycles. The third-order valence-electron chi connectivity index (χ3n) is 6.45. The van der Waals surface area contributed by atoms with Gasteiger partial charge in [-0.2, -0.15) is 13.2 Å². The second-order valence-corrected chi connectivity index (χ2v) is 9.68. The van der Waals surface area contributed by atoms with Crippen molar-refractivity contribution in [1.82, 2.24) is 15.6 Å². The summed E-state index contributed by atoms with van der Waals surface area (Å²) in [5, 5.41) is 6.13. The molecule has 0 aliphatic heterocycles. The molecule has 0 bridgehead atoms. The molecule has 0 radical (unpaired) electrons. The smallest absolute Gasteiger partial charge is 0.335 e. The Morgan fingerprint density at radius 1 is 1.06 bits per heavy atom. The number of benzene rings is 2. The van der Waals surface area contributed by atoms with Crippen LogP contribution in [0.15, 0.2) is 60.8 Å². The Morgan fingerprint density at radius 3 is 2.42 bits per heavy atom. The Morgan fingerprint density at radius 2 is 1.78 bits per heavy atom. The fourth-order valence-electron chi connectivity index (χ4n) is 4.76. The van der Waals surface area contributed by atoms with Crippen LogP contribution in [0.3, 0.4) is 0 Å². The standard InChI is InChI=1S/C27H26ClF4N3O/c1-17-5-4-6-18(11-17)15-26(24-10-9-21(28)16-33-24,35-25(36)34-23-7-2-3-8-23)19-12-20(27(30,31)32)14-22(29)13-19/h4-6,9-14,16,23H,2-3,7-8,15H2,1H3,(H2,34,35,36)/t26-/m1/s1. The van der Waals surface area contributed by atoms with Crippen LogP contribution in [0, 0.1) is 12.7 Å². The number of rotatable bonds is 6. The molecule has 2 N–H and O–H groups in total. The van der Waals surface area contributed by atoms with Gasteiger partial charge in [0.2, 0.25) is 0 Å². The van der Waals surface area contributed by atoms with E-state index >= 15 is 0 Å². The van der Waals surface area contributed by atoms with Crippen LogP contribution in [0.2, 0.25) is 5.02 Å². The highest BCUT2D eigenvalue weighted by Gasteiger charge is 2.41. The molecule has 4 nitrogen and oxygen atoms in total. The van der Waals surface area contributed by atoms with Gasteiger partial charge < -0.3 is 10.6 Å². The maximum Gasteiger partial charge on any atom is 0.416 e. The van der Waals surface area contributed by atoms with Crippen molar-refractivity contribution in [1.29, 1.82) is 0 Å². The minimum atomic E-state index is -4.79. The number of nitrogens with zero attached hydrogens (tertiary/aromatic N) is 1. The Hall–Kier alpha value is -3.13. The lowest BCUT2D eigenvalue weighted by Gasteiger charge is -2.36. The Labute approximate surface area is 212 Å². The third-order valence-corrected chi connectivity index (χ3v) is 6.68. The minimum Gasteiger partial charge on any atom is -0.335 e. The van der Waals surface area contributed by atoms with Crippen LogP contribution >= 0.6 is 11.6 Å². The monoisotopic (exact) mass is 519 g/mol. The van der Waals surface area contributed by atoms with E-state index in [1.807, 2.05) is 25.1 Å². The molecule has 0 unspecified atom stereocenters. The van der Waals surface area contributed by atoms with Crippen molar-refractivity contribution in [3.8, 4) is 0 Å². The number of hydrogen-bond donors (Lipinski definition) is 2. The molecule has 1 saturated carbocycles. The van der Waals surface area contributed by atoms with E-state index in [0.29, 0.717) is 11.1 Å². The lowest BCUT2D eigenvalue weighted by molar-refractivity contribution is -0.137. The van der Waals surface area contributed by atoms with E-state index in [-0.39, 0.29) is 23.7 Å². The van der Waals surface area contributed by atoms with E-state index in [1.54, 1.807) is 6.07 Å². The van der Waals surface area contributed by atoms with Gasteiger partial charge in [-0.15, -0.1) is 0 Å². The number of aromatic nitrogens is 1. The molecular formula is C27H26ClF4N3O. The predicted molar refractivity (Wildman–Crippen MR) is 130 cm³/mol. The summed E-state index contributed by atoms with van der Waals surface area (Å²) in [5.74, 6) is -1.07. The maximum absolute atomic E-state index is 14.7. The SMILES string of the molecule is Cc1cccc(C[C@@](NC(=O)NC2CCCC2)(c2cc(F)cc(C(F)(F)F)c2)c2ccc(Cl)cn2)c1. The number of carbonyl (C=O) groups is 1. The van der Waals surface area contributed by atoms with Crippen LogP contribution in [0.4, 0.5) is 22.4 Å². The van der Waals surface area contributed by atoms with Crippen molar-refractivity contribution in [2.75, 3.05) is 0 Å². The number of aryl methyl sites for hydroxylation is 1. The first-order chi connectivity index (χ1) is 17.0. The summed E-state index contributed by atoms with van der Waals surface area (Å²) >= 11 is 6.05. The van der Waals surface area contributed by atoms with Crippen LogP contribution in [0.25, 0.3) is 0 Å². The van der Waals surface area contributed by atoms with Gasteiger partial charge in [0.25, 0.3) is 0 Å². The second kappa shape index (κ2) is 10.5. The molecule has 4 rings (SSSR count). The zero-order chi connectivity index (χ0) is 25.9. The van der Waals surface area contributed by atoms with Crippen molar-refractivity contribution in [3.05, 3.63) is 99.6 Å². The summed E-state index contributed by atoms with van der Waals surface area (Å²) < 4.78 is 55.8. The molecule has 190 valence electrons. The number of carbonyl (C=O) groups excluding carboxylic acids is 1. The average Bonchev–Trinajstić information content (AvgIpc) is 3.31. The second-order valence-electron chi connectivity index (χ2n) is 9.24. The molecule has 1 fully saturated rings. The summed E-state index contributed by atoms with van der Waals surface area (Å²) in [6.07, 6.45) is 0.190. The summed E-state index contributed by atoms with van der Waals surface area (Å²) in [4.78, 5) is 17.6. The first-order valence-electron chi connectivity index (χ1n) is 11.7.